The van der Waals surface area contributed by atoms with Crippen molar-refractivity contribution < 1.29 is 9.53 Å². The molecule has 0 atom stereocenters. The Bertz CT molecular complexity index is 562. The zero-order chi connectivity index (χ0) is 18.6. The van der Waals surface area contributed by atoms with Crippen LogP contribution in [0.5, 0.6) is 0 Å². The molecule has 1 aliphatic heterocycles. The first-order chi connectivity index (χ1) is 12.7. The van der Waals surface area contributed by atoms with Gasteiger partial charge in [0.05, 0.1) is 6.54 Å². The molecule has 1 aromatic rings. The second-order valence-corrected chi connectivity index (χ2v) is 6.75. The van der Waals surface area contributed by atoms with Crippen LogP contribution in [-0.4, -0.2) is 63.7 Å². The van der Waals surface area contributed by atoms with E-state index in [4.69, 9.17) is 4.74 Å². The minimum absolute atomic E-state index is 0. The molecule has 0 radical (unpaired) electrons. The summed E-state index contributed by atoms with van der Waals surface area (Å²) in [5.74, 6) is 1.47. The average molecular weight is 488 g/mol. The molecule has 1 aromatic carbocycles. The molecular weight excluding hydrogens is 455 g/mol. The number of carbonyl (C=O) groups excluding carboxylic acids is 1. The van der Waals surface area contributed by atoms with Crippen LogP contribution in [0, 0.1) is 5.92 Å². The smallest absolute Gasteiger partial charge is 0.239 e. The maximum atomic E-state index is 12.0. The number of ether oxygens (including phenoxy) is 1. The minimum Gasteiger partial charge on any atom is -0.381 e. The monoisotopic (exact) mass is 488 g/mol. The van der Waals surface area contributed by atoms with Crippen molar-refractivity contribution in [1.82, 2.24) is 15.5 Å². The van der Waals surface area contributed by atoms with E-state index in [1.54, 1.807) is 7.05 Å². The Labute approximate surface area is 180 Å². The summed E-state index contributed by atoms with van der Waals surface area (Å²) in [7, 11) is 3.77. The summed E-state index contributed by atoms with van der Waals surface area (Å²) in [6.45, 7) is 3.57. The van der Waals surface area contributed by atoms with Crippen molar-refractivity contribution in [3.8, 4) is 0 Å². The molecule has 6 nitrogen and oxygen atoms in total. The van der Waals surface area contributed by atoms with E-state index < -0.39 is 0 Å². The number of guanidine groups is 1. The van der Waals surface area contributed by atoms with Crippen LogP contribution in [0.25, 0.3) is 0 Å². The molecule has 27 heavy (non-hydrogen) atoms. The molecule has 0 saturated carbocycles. The fraction of sp³-hybridized carbons (Fsp3) is 0.600. The normalized spacial score (nSPS) is 15.0. The molecule has 0 aromatic heterocycles. The SMILES string of the molecule is CN=C(NCC(=O)NCCc1ccccc1)N(C)CCC1CCOCC1.I. The van der Waals surface area contributed by atoms with E-state index in [9.17, 15) is 4.79 Å². The highest BCUT2D eigenvalue weighted by Crippen LogP contribution is 2.18. The van der Waals surface area contributed by atoms with Crippen molar-refractivity contribution in [1.29, 1.82) is 0 Å². The van der Waals surface area contributed by atoms with Gasteiger partial charge in [-0.1, -0.05) is 30.3 Å². The Balaban J connectivity index is 0.00000364. The molecule has 0 aliphatic carbocycles. The quantitative estimate of drug-likeness (QED) is 0.335. The first-order valence-corrected chi connectivity index (χ1v) is 9.49. The van der Waals surface area contributed by atoms with Gasteiger partial charge in [-0.15, -0.1) is 24.0 Å². The van der Waals surface area contributed by atoms with Crippen LogP contribution in [0.3, 0.4) is 0 Å². The number of hydrogen-bond acceptors (Lipinski definition) is 3. The number of aliphatic imine (C=N–C) groups is 1. The van der Waals surface area contributed by atoms with Gasteiger partial charge in [0.25, 0.3) is 0 Å². The lowest BCUT2D eigenvalue weighted by molar-refractivity contribution is -0.120. The van der Waals surface area contributed by atoms with Crippen molar-refractivity contribution in [2.24, 2.45) is 10.9 Å². The first kappa shape index (κ1) is 23.7. The van der Waals surface area contributed by atoms with E-state index in [2.05, 4.69) is 32.7 Å². The molecule has 0 unspecified atom stereocenters. The molecule has 0 bridgehead atoms. The van der Waals surface area contributed by atoms with E-state index >= 15 is 0 Å². The maximum Gasteiger partial charge on any atom is 0.239 e. The highest BCUT2D eigenvalue weighted by molar-refractivity contribution is 14.0. The standard InChI is InChI=1S/C20H32N4O2.HI/c1-21-20(24(2)13-9-18-10-14-26-15-11-18)23-16-19(25)22-12-8-17-6-4-3-5-7-17;/h3-7,18H,8-16H2,1-2H3,(H,21,23)(H,22,25);1H. The van der Waals surface area contributed by atoms with Crippen LogP contribution in [-0.2, 0) is 16.0 Å². The Morgan fingerprint density at radius 2 is 1.93 bits per heavy atom. The van der Waals surface area contributed by atoms with Crippen molar-refractivity contribution in [2.75, 3.05) is 46.9 Å². The van der Waals surface area contributed by atoms with Gasteiger partial charge < -0.3 is 20.3 Å². The van der Waals surface area contributed by atoms with Gasteiger partial charge >= 0.3 is 0 Å². The number of nitrogens with zero attached hydrogens (tertiary/aromatic N) is 2. The van der Waals surface area contributed by atoms with Gasteiger partial charge in [0.1, 0.15) is 0 Å². The molecule has 152 valence electrons. The molecule has 1 fully saturated rings. The number of benzene rings is 1. The average Bonchev–Trinajstić information content (AvgIpc) is 2.68. The minimum atomic E-state index is -0.0140. The number of rotatable bonds is 8. The zero-order valence-corrected chi connectivity index (χ0v) is 18.8. The molecule has 2 N–H and O–H groups in total. The predicted molar refractivity (Wildman–Crippen MR) is 121 cm³/mol. The third kappa shape index (κ3) is 9.41. The molecule has 1 aliphatic rings. The largest absolute Gasteiger partial charge is 0.381 e. The summed E-state index contributed by atoms with van der Waals surface area (Å²) >= 11 is 0. The van der Waals surface area contributed by atoms with E-state index in [1.807, 2.05) is 25.2 Å². The summed E-state index contributed by atoms with van der Waals surface area (Å²) < 4.78 is 5.41. The van der Waals surface area contributed by atoms with E-state index in [0.717, 1.165) is 57.3 Å². The van der Waals surface area contributed by atoms with Gasteiger partial charge in [-0.3, -0.25) is 9.79 Å². The summed E-state index contributed by atoms with van der Waals surface area (Å²) in [5.41, 5.74) is 1.23. The van der Waals surface area contributed by atoms with Gasteiger partial charge in [0.2, 0.25) is 5.91 Å². The third-order valence-corrected chi connectivity index (χ3v) is 4.77. The van der Waals surface area contributed by atoms with Gasteiger partial charge in [-0.2, -0.15) is 0 Å². The highest BCUT2D eigenvalue weighted by atomic mass is 127. The second-order valence-electron chi connectivity index (χ2n) is 6.75. The second kappa shape index (κ2) is 13.8. The molecule has 1 saturated heterocycles. The van der Waals surface area contributed by atoms with E-state index in [1.165, 1.54) is 5.56 Å². The Hall–Kier alpha value is -1.35. The van der Waals surface area contributed by atoms with Crippen molar-refractivity contribution in [3.05, 3.63) is 35.9 Å². The number of halogens is 1. The predicted octanol–water partition coefficient (Wildman–Crippen LogP) is 2.29. The molecule has 0 spiro atoms. The summed E-state index contributed by atoms with van der Waals surface area (Å²) in [6, 6.07) is 10.2. The molecule has 1 heterocycles. The number of nitrogens with one attached hydrogen (secondary N) is 2. The first-order valence-electron chi connectivity index (χ1n) is 9.49. The van der Waals surface area contributed by atoms with Gasteiger partial charge in [-0.05, 0) is 37.2 Å². The van der Waals surface area contributed by atoms with Crippen LogP contribution in [0.1, 0.15) is 24.8 Å². The van der Waals surface area contributed by atoms with Gasteiger partial charge in [0, 0.05) is 40.4 Å². The number of amides is 1. The molecule has 1 amide bonds. The summed E-state index contributed by atoms with van der Waals surface area (Å²) in [6.07, 6.45) is 4.25. The third-order valence-electron chi connectivity index (χ3n) is 4.77. The highest BCUT2D eigenvalue weighted by Gasteiger charge is 2.15. The van der Waals surface area contributed by atoms with Crippen LogP contribution in [0.15, 0.2) is 35.3 Å². The fourth-order valence-corrected chi connectivity index (χ4v) is 3.11. The Morgan fingerprint density at radius 1 is 1.22 bits per heavy atom. The number of carbonyl (C=O) groups is 1. The van der Waals surface area contributed by atoms with Gasteiger partial charge in [-0.25, -0.2) is 0 Å². The topological polar surface area (TPSA) is 66.0 Å². The molecule has 7 heteroatoms. The maximum absolute atomic E-state index is 12.0. The van der Waals surface area contributed by atoms with Crippen LogP contribution in [0.4, 0.5) is 0 Å². The summed E-state index contributed by atoms with van der Waals surface area (Å²) in [5, 5.41) is 6.09. The molecule has 2 rings (SSSR count). The van der Waals surface area contributed by atoms with Crippen LogP contribution in [0.2, 0.25) is 0 Å². The van der Waals surface area contributed by atoms with Crippen molar-refractivity contribution in [3.63, 3.8) is 0 Å². The van der Waals surface area contributed by atoms with Crippen LogP contribution >= 0.6 is 24.0 Å². The van der Waals surface area contributed by atoms with Crippen molar-refractivity contribution >= 4 is 35.8 Å². The molecular formula is C20H33IN4O2. The fourth-order valence-electron chi connectivity index (χ4n) is 3.11. The zero-order valence-electron chi connectivity index (χ0n) is 16.4. The Morgan fingerprint density at radius 3 is 2.59 bits per heavy atom. The van der Waals surface area contributed by atoms with E-state index in [-0.39, 0.29) is 36.4 Å². The summed E-state index contributed by atoms with van der Waals surface area (Å²) in [4.78, 5) is 18.4. The lowest BCUT2D eigenvalue weighted by atomic mass is 9.96. The lowest BCUT2D eigenvalue weighted by Gasteiger charge is -2.26. The van der Waals surface area contributed by atoms with E-state index in [0.29, 0.717) is 6.54 Å². The van der Waals surface area contributed by atoms with Crippen LogP contribution < -0.4 is 10.6 Å². The van der Waals surface area contributed by atoms with Gasteiger partial charge in [0.15, 0.2) is 5.96 Å². The lowest BCUT2D eigenvalue weighted by Crippen LogP contribution is -2.44. The number of hydrogen-bond donors (Lipinski definition) is 2. The van der Waals surface area contributed by atoms with Crippen molar-refractivity contribution in [2.45, 2.75) is 25.7 Å². The Kier molecular flexibility index (Phi) is 12.1.